The van der Waals surface area contributed by atoms with Gasteiger partial charge in [0.25, 0.3) is 0 Å². The second-order valence-corrected chi connectivity index (χ2v) is 6.85. The van der Waals surface area contributed by atoms with Crippen molar-refractivity contribution in [3.05, 3.63) is 0 Å². The first kappa shape index (κ1) is 16.3. The maximum Gasteiger partial charge on any atom is 0.00680 e. The van der Waals surface area contributed by atoms with E-state index < -0.39 is 0 Å². The predicted molar refractivity (Wildman–Crippen MR) is 84.5 cm³/mol. The molecule has 2 nitrogen and oxygen atoms in total. The Morgan fingerprint density at radius 1 is 1.28 bits per heavy atom. The van der Waals surface area contributed by atoms with E-state index in [2.05, 4.69) is 37.2 Å². The van der Waals surface area contributed by atoms with Gasteiger partial charge in [-0.3, -0.25) is 0 Å². The van der Waals surface area contributed by atoms with E-state index in [0.717, 1.165) is 11.8 Å². The minimum Gasteiger partial charge on any atom is -0.314 e. The van der Waals surface area contributed by atoms with Crippen LogP contribution in [0.2, 0.25) is 0 Å². The Labute approximate surface area is 118 Å². The first-order valence-electron chi connectivity index (χ1n) is 7.62. The minimum absolute atomic E-state index is 0.693. The summed E-state index contributed by atoms with van der Waals surface area (Å²) < 4.78 is 0. The summed E-state index contributed by atoms with van der Waals surface area (Å²) >= 11 is 1.96. The zero-order chi connectivity index (χ0) is 13.4. The lowest BCUT2D eigenvalue weighted by Crippen LogP contribution is -2.43. The summed E-state index contributed by atoms with van der Waals surface area (Å²) in [6.07, 6.45) is 6.25. The molecule has 1 rings (SSSR count). The second kappa shape index (κ2) is 9.22. The number of nitrogens with one attached hydrogen (secondary N) is 1. The van der Waals surface area contributed by atoms with Crippen LogP contribution < -0.4 is 5.32 Å². The Kier molecular flexibility index (Phi) is 8.36. The van der Waals surface area contributed by atoms with Gasteiger partial charge in [0, 0.05) is 6.04 Å². The molecular formula is C15H32N2S. The van der Waals surface area contributed by atoms with E-state index in [1.807, 2.05) is 11.8 Å². The molecular weight excluding hydrogens is 240 g/mol. The Balaban J connectivity index is 2.17. The van der Waals surface area contributed by atoms with Crippen LogP contribution in [0.25, 0.3) is 0 Å². The van der Waals surface area contributed by atoms with Crippen molar-refractivity contribution in [2.24, 2.45) is 11.8 Å². The summed E-state index contributed by atoms with van der Waals surface area (Å²) in [5.74, 6) is 2.96. The van der Waals surface area contributed by atoms with E-state index in [4.69, 9.17) is 0 Å². The molecule has 0 aromatic rings. The van der Waals surface area contributed by atoms with Crippen molar-refractivity contribution in [2.45, 2.75) is 46.1 Å². The summed E-state index contributed by atoms with van der Waals surface area (Å²) in [4.78, 5) is 2.62. The van der Waals surface area contributed by atoms with Gasteiger partial charge in [0.2, 0.25) is 0 Å². The zero-order valence-corrected chi connectivity index (χ0v) is 13.6. The predicted octanol–water partition coefficient (Wildman–Crippen LogP) is 3.09. The largest absolute Gasteiger partial charge is 0.314 e. The van der Waals surface area contributed by atoms with Gasteiger partial charge in [-0.15, -0.1) is 0 Å². The summed E-state index contributed by atoms with van der Waals surface area (Å²) in [5.41, 5.74) is 0. The second-order valence-electron chi connectivity index (χ2n) is 5.94. The van der Waals surface area contributed by atoms with Gasteiger partial charge in [0.15, 0.2) is 0 Å². The molecule has 108 valence electrons. The molecule has 18 heavy (non-hydrogen) atoms. The standard InChI is InChI=1S/C15H32N2S/c1-5-8-17-9-6-15(7-10-17)14(3)16-11-13(2)12-18-4/h13-16H,5-12H2,1-4H3. The zero-order valence-electron chi connectivity index (χ0n) is 12.7. The van der Waals surface area contributed by atoms with Gasteiger partial charge >= 0.3 is 0 Å². The van der Waals surface area contributed by atoms with Crippen LogP contribution in [0.3, 0.4) is 0 Å². The molecule has 1 aliphatic heterocycles. The third-order valence-electron chi connectivity index (χ3n) is 4.12. The van der Waals surface area contributed by atoms with Gasteiger partial charge in [-0.25, -0.2) is 0 Å². The normalized spacial score (nSPS) is 22.0. The van der Waals surface area contributed by atoms with E-state index in [1.54, 1.807) is 0 Å². The average Bonchev–Trinajstić information content (AvgIpc) is 2.37. The molecule has 0 aliphatic carbocycles. The Hall–Kier alpha value is 0.270. The topological polar surface area (TPSA) is 15.3 Å². The van der Waals surface area contributed by atoms with Crippen molar-refractivity contribution in [3.63, 3.8) is 0 Å². The smallest absolute Gasteiger partial charge is 0.00680 e. The Morgan fingerprint density at radius 3 is 2.50 bits per heavy atom. The fourth-order valence-electron chi connectivity index (χ4n) is 2.89. The van der Waals surface area contributed by atoms with Crippen molar-refractivity contribution in [1.29, 1.82) is 0 Å². The summed E-state index contributed by atoms with van der Waals surface area (Å²) in [6.45, 7) is 12.1. The molecule has 1 N–H and O–H groups in total. The number of hydrogen-bond donors (Lipinski definition) is 1. The van der Waals surface area contributed by atoms with Gasteiger partial charge in [-0.1, -0.05) is 13.8 Å². The van der Waals surface area contributed by atoms with Crippen LogP contribution in [-0.4, -0.2) is 49.1 Å². The van der Waals surface area contributed by atoms with Gasteiger partial charge in [0.05, 0.1) is 0 Å². The molecule has 0 bridgehead atoms. The van der Waals surface area contributed by atoms with Crippen LogP contribution >= 0.6 is 11.8 Å². The van der Waals surface area contributed by atoms with Crippen LogP contribution in [-0.2, 0) is 0 Å². The minimum atomic E-state index is 0.693. The third-order valence-corrected chi connectivity index (χ3v) is 5.02. The molecule has 0 saturated carbocycles. The van der Waals surface area contributed by atoms with Crippen molar-refractivity contribution in [3.8, 4) is 0 Å². The maximum absolute atomic E-state index is 3.75. The molecule has 0 amide bonds. The van der Waals surface area contributed by atoms with Crippen LogP contribution in [0.5, 0.6) is 0 Å². The number of likely N-dealkylation sites (tertiary alicyclic amines) is 1. The SMILES string of the molecule is CCCN1CCC(C(C)NCC(C)CSC)CC1. The highest BCUT2D eigenvalue weighted by molar-refractivity contribution is 7.98. The van der Waals surface area contributed by atoms with Crippen LogP contribution in [0.4, 0.5) is 0 Å². The number of hydrogen-bond acceptors (Lipinski definition) is 3. The first-order chi connectivity index (χ1) is 8.67. The van der Waals surface area contributed by atoms with E-state index >= 15 is 0 Å². The van der Waals surface area contributed by atoms with Crippen molar-refractivity contribution in [2.75, 3.05) is 38.2 Å². The monoisotopic (exact) mass is 272 g/mol. The molecule has 2 atom stereocenters. The molecule has 0 aromatic carbocycles. The van der Waals surface area contributed by atoms with Crippen LogP contribution in [0.15, 0.2) is 0 Å². The van der Waals surface area contributed by atoms with Gasteiger partial charge < -0.3 is 10.2 Å². The number of rotatable bonds is 8. The average molecular weight is 273 g/mol. The van der Waals surface area contributed by atoms with Crippen molar-refractivity contribution in [1.82, 2.24) is 10.2 Å². The third kappa shape index (κ3) is 5.94. The van der Waals surface area contributed by atoms with Gasteiger partial charge in [-0.05, 0) is 76.2 Å². The maximum atomic E-state index is 3.75. The molecule has 1 fully saturated rings. The quantitative estimate of drug-likeness (QED) is 0.731. The summed E-state index contributed by atoms with van der Waals surface area (Å²) in [6, 6.07) is 0.693. The fourth-order valence-corrected chi connectivity index (χ4v) is 3.58. The highest BCUT2D eigenvalue weighted by Gasteiger charge is 2.23. The molecule has 0 radical (unpaired) electrons. The highest BCUT2D eigenvalue weighted by Crippen LogP contribution is 2.20. The molecule has 1 heterocycles. The van der Waals surface area contributed by atoms with Crippen LogP contribution in [0.1, 0.15) is 40.0 Å². The summed E-state index contributed by atoms with van der Waals surface area (Å²) in [5, 5.41) is 3.75. The molecule has 0 aromatic heterocycles. The number of piperidine rings is 1. The van der Waals surface area contributed by atoms with E-state index in [9.17, 15) is 0 Å². The summed E-state index contributed by atoms with van der Waals surface area (Å²) in [7, 11) is 0. The lowest BCUT2D eigenvalue weighted by molar-refractivity contribution is 0.162. The lowest BCUT2D eigenvalue weighted by atomic mass is 9.90. The van der Waals surface area contributed by atoms with E-state index in [1.165, 1.54) is 51.2 Å². The molecule has 2 unspecified atom stereocenters. The lowest BCUT2D eigenvalue weighted by Gasteiger charge is -2.35. The molecule has 1 aliphatic rings. The molecule has 1 saturated heterocycles. The van der Waals surface area contributed by atoms with Crippen molar-refractivity contribution >= 4 is 11.8 Å². The molecule has 0 spiro atoms. The van der Waals surface area contributed by atoms with Gasteiger partial charge in [-0.2, -0.15) is 11.8 Å². The number of nitrogens with zero attached hydrogens (tertiary/aromatic N) is 1. The van der Waals surface area contributed by atoms with Gasteiger partial charge in [0.1, 0.15) is 0 Å². The Morgan fingerprint density at radius 2 is 1.94 bits per heavy atom. The van der Waals surface area contributed by atoms with E-state index in [0.29, 0.717) is 6.04 Å². The first-order valence-corrected chi connectivity index (χ1v) is 9.01. The Bertz CT molecular complexity index is 203. The van der Waals surface area contributed by atoms with Crippen molar-refractivity contribution < 1.29 is 0 Å². The van der Waals surface area contributed by atoms with Crippen LogP contribution in [0, 0.1) is 11.8 Å². The number of thioether (sulfide) groups is 1. The fraction of sp³-hybridized carbons (Fsp3) is 1.00. The highest BCUT2D eigenvalue weighted by atomic mass is 32.2. The molecule has 3 heteroatoms. The van der Waals surface area contributed by atoms with E-state index in [-0.39, 0.29) is 0 Å².